The summed E-state index contributed by atoms with van der Waals surface area (Å²) in [5.74, 6) is 0. The lowest BCUT2D eigenvalue weighted by Crippen LogP contribution is -2.20. The lowest BCUT2D eigenvalue weighted by molar-refractivity contribution is 0.282. The average molecular weight is 207 g/mol. The van der Waals surface area contributed by atoms with Crippen LogP contribution in [0.4, 0.5) is 0 Å². The minimum Gasteiger partial charge on any atom is -0.392 e. The molecular formula is C13H21NO. The molecule has 0 aromatic heterocycles. The van der Waals surface area contributed by atoms with Gasteiger partial charge in [-0.1, -0.05) is 43.2 Å². The van der Waals surface area contributed by atoms with E-state index in [9.17, 15) is 0 Å². The molecule has 0 atom stereocenters. The highest BCUT2D eigenvalue weighted by atomic mass is 16.3. The Bertz CT molecular complexity index is 242. The fraction of sp³-hybridized carbons (Fsp3) is 0.538. The van der Waals surface area contributed by atoms with E-state index in [0.717, 1.165) is 11.6 Å². The molecule has 1 aromatic carbocycles. The first-order valence-electron chi connectivity index (χ1n) is 5.69. The standard InChI is InChI=1S/C7H8O.C6H13N/c8-6-7-4-2-1-3-5-7;1-7-6-4-2-3-5-6/h1-5,8H,6H2;6-7H,2-5H2,1H3. The summed E-state index contributed by atoms with van der Waals surface area (Å²) in [6.07, 6.45) is 5.67. The Kier molecular flexibility index (Phi) is 6.05. The molecule has 0 radical (unpaired) electrons. The Labute approximate surface area is 92.3 Å². The average Bonchev–Trinajstić information content (AvgIpc) is 2.84. The zero-order valence-electron chi connectivity index (χ0n) is 9.45. The molecule has 0 heterocycles. The zero-order chi connectivity index (χ0) is 10.9. The quantitative estimate of drug-likeness (QED) is 0.780. The number of nitrogens with one attached hydrogen (secondary N) is 1. The number of benzene rings is 1. The highest BCUT2D eigenvalue weighted by Gasteiger charge is 2.10. The molecule has 84 valence electrons. The Morgan fingerprint density at radius 1 is 1.20 bits per heavy atom. The first-order chi connectivity index (χ1) is 7.36. The van der Waals surface area contributed by atoms with E-state index < -0.39 is 0 Å². The van der Waals surface area contributed by atoms with Crippen molar-refractivity contribution in [2.75, 3.05) is 7.05 Å². The summed E-state index contributed by atoms with van der Waals surface area (Å²) in [5, 5.41) is 11.8. The van der Waals surface area contributed by atoms with Crippen LogP contribution in [0.2, 0.25) is 0 Å². The molecule has 1 saturated carbocycles. The van der Waals surface area contributed by atoms with E-state index in [-0.39, 0.29) is 6.61 Å². The van der Waals surface area contributed by atoms with Crippen LogP contribution in [0.1, 0.15) is 31.2 Å². The van der Waals surface area contributed by atoms with Gasteiger partial charge in [0.25, 0.3) is 0 Å². The van der Waals surface area contributed by atoms with Crippen molar-refractivity contribution in [1.82, 2.24) is 5.32 Å². The van der Waals surface area contributed by atoms with Crippen molar-refractivity contribution in [2.24, 2.45) is 0 Å². The maximum Gasteiger partial charge on any atom is 0.0681 e. The van der Waals surface area contributed by atoms with Crippen LogP contribution in [0.25, 0.3) is 0 Å². The number of hydrogen-bond donors (Lipinski definition) is 2. The van der Waals surface area contributed by atoms with E-state index in [1.807, 2.05) is 30.3 Å². The molecule has 2 nitrogen and oxygen atoms in total. The summed E-state index contributed by atoms with van der Waals surface area (Å²) in [5.41, 5.74) is 0.965. The highest BCUT2D eigenvalue weighted by molar-refractivity contribution is 5.12. The van der Waals surface area contributed by atoms with Gasteiger partial charge in [0.05, 0.1) is 6.61 Å². The van der Waals surface area contributed by atoms with Crippen molar-refractivity contribution >= 4 is 0 Å². The largest absolute Gasteiger partial charge is 0.392 e. The lowest BCUT2D eigenvalue weighted by atomic mass is 10.2. The van der Waals surface area contributed by atoms with E-state index >= 15 is 0 Å². The smallest absolute Gasteiger partial charge is 0.0681 e. The van der Waals surface area contributed by atoms with Gasteiger partial charge in [-0.3, -0.25) is 0 Å². The second kappa shape index (κ2) is 7.43. The molecule has 1 fully saturated rings. The normalized spacial score (nSPS) is 15.9. The van der Waals surface area contributed by atoms with Gasteiger partial charge in [-0.25, -0.2) is 0 Å². The summed E-state index contributed by atoms with van der Waals surface area (Å²) in [6, 6.07) is 10.4. The molecular weight excluding hydrogens is 186 g/mol. The summed E-state index contributed by atoms with van der Waals surface area (Å²) in [7, 11) is 2.05. The summed E-state index contributed by atoms with van der Waals surface area (Å²) < 4.78 is 0. The second-order valence-electron chi connectivity index (χ2n) is 3.91. The third kappa shape index (κ3) is 4.96. The molecule has 0 amide bonds. The van der Waals surface area contributed by atoms with Crippen molar-refractivity contribution < 1.29 is 5.11 Å². The van der Waals surface area contributed by atoms with E-state index in [4.69, 9.17) is 5.11 Å². The molecule has 0 bridgehead atoms. The van der Waals surface area contributed by atoms with Crippen molar-refractivity contribution in [3.8, 4) is 0 Å². The third-order valence-corrected chi connectivity index (χ3v) is 2.79. The molecule has 2 rings (SSSR count). The van der Waals surface area contributed by atoms with Crippen LogP contribution in [0.3, 0.4) is 0 Å². The number of aliphatic hydroxyl groups is 1. The maximum atomic E-state index is 8.54. The first-order valence-corrected chi connectivity index (χ1v) is 5.69. The van der Waals surface area contributed by atoms with Gasteiger partial charge in [0, 0.05) is 6.04 Å². The summed E-state index contributed by atoms with van der Waals surface area (Å²) in [6.45, 7) is 0.140. The maximum absolute atomic E-state index is 8.54. The molecule has 2 N–H and O–H groups in total. The van der Waals surface area contributed by atoms with Crippen molar-refractivity contribution in [3.05, 3.63) is 35.9 Å². The van der Waals surface area contributed by atoms with E-state index in [1.165, 1.54) is 25.7 Å². The first kappa shape index (κ1) is 12.2. The number of aliphatic hydroxyl groups excluding tert-OH is 1. The van der Waals surface area contributed by atoms with Crippen LogP contribution in [0.15, 0.2) is 30.3 Å². The molecule has 15 heavy (non-hydrogen) atoms. The minimum atomic E-state index is 0.140. The Morgan fingerprint density at radius 2 is 1.80 bits per heavy atom. The zero-order valence-corrected chi connectivity index (χ0v) is 9.45. The second-order valence-corrected chi connectivity index (χ2v) is 3.91. The van der Waals surface area contributed by atoms with Crippen molar-refractivity contribution in [2.45, 2.75) is 38.3 Å². The van der Waals surface area contributed by atoms with Gasteiger partial charge in [-0.2, -0.15) is 0 Å². The Balaban J connectivity index is 0.000000151. The predicted octanol–water partition coefficient (Wildman–Crippen LogP) is 2.33. The topological polar surface area (TPSA) is 32.3 Å². The fourth-order valence-corrected chi connectivity index (χ4v) is 1.80. The molecule has 1 aliphatic rings. The molecule has 0 spiro atoms. The molecule has 2 heteroatoms. The van der Waals surface area contributed by atoms with Gasteiger partial charge >= 0.3 is 0 Å². The highest BCUT2D eigenvalue weighted by Crippen LogP contribution is 2.16. The Hall–Kier alpha value is -0.860. The van der Waals surface area contributed by atoms with Gasteiger partial charge in [0.1, 0.15) is 0 Å². The van der Waals surface area contributed by atoms with Gasteiger partial charge < -0.3 is 10.4 Å². The van der Waals surface area contributed by atoms with Crippen molar-refractivity contribution in [1.29, 1.82) is 0 Å². The van der Waals surface area contributed by atoms with Gasteiger partial charge in [0.15, 0.2) is 0 Å². The summed E-state index contributed by atoms with van der Waals surface area (Å²) >= 11 is 0. The van der Waals surface area contributed by atoms with E-state index in [1.54, 1.807) is 0 Å². The molecule has 1 aromatic rings. The molecule has 0 aliphatic heterocycles. The Morgan fingerprint density at radius 3 is 2.13 bits per heavy atom. The van der Waals surface area contributed by atoms with Crippen LogP contribution in [-0.4, -0.2) is 18.2 Å². The van der Waals surface area contributed by atoms with Gasteiger partial charge in [-0.05, 0) is 25.5 Å². The van der Waals surface area contributed by atoms with E-state index in [0.29, 0.717) is 0 Å². The van der Waals surface area contributed by atoms with Gasteiger partial charge in [-0.15, -0.1) is 0 Å². The van der Waals surface area contributed by atoms with E-state index in [2.05, 4.69) is 12.4 Å². The van der Waals surface area contributed by atoms with Crippen LogP contribution < -0.4 is 5.32 Å². The van der Waals surface area contributed by atoms with Crippen LogP contribution in [-0.2, 0) is 6.61 Å². The molecule has 1 aliphatic carbocycles. The fourth-order valence-electron chi connectivity index (χ4n) is 1.80. The SMILES string of the molecule is CNC1CCCC1.OCc1ccccc1. The third-order valence-electron chi connectivity index (χ3n) is 2.79. The summed E-state index contributed by atoms with van der Waals surface area (Å²) in [4.78, 5) is 0. The monoisotopic (exact) mass is 207 g/mol. The number of hydrogen-bond acceptors (Lipinski definition) is 2. The lowest BCUT2D eigenvalue weighted by Gasteiger charge is -2.03. The van der Waals surface area contributed by atoms with Gasteiger partial charge in [0.2, 0.25) is 0 Å². The number of rotatable bonds is 2. The molecule has 0 unspecified atom stereocenters. The molecule has 0 saturated heterocycles. The van der Waals surface area contributed by atoms with Crippen LogP contribution in [0, 0.1) is 0 Å². The van der Waals surface area contributed by atoms with Crippen molar-refractivity contribution in [3.63, 3.8) is 0 Å². The van der Waals surface area contributed by atoms with Crippen LogP contribution in [0.5, 0.6) is 0 Å². The van der Waals surface area contributed by atoms with Crippen LogP contribution >= 0.6 is 0 Å². The predicted molar refractivity (Wildman–Crippen MR) is 63.7 cm³/mol. The minimum absolute atomic E-state index is 0.140.